The first-order chi connectivity index (χ1) is 7.64. The van der Waals surface area contributed by atoms with Crippen molar-refractivity contribution in [2.75, 3.05) is 19.8 Å². The molecule has 0 radical (unpaired) electrons. The van der Waals surface area contributed by atoms with Crippen molar-refractivity contribution < 1.29 is 17.9 Å². The molecule has 1 unspecified atom stereocenters. The monoisotopic (exact) mass is 255 g/mol. The SMILES string of the molecule is CCC(CCOCC(F)(F)F)CNC(C)(C)C. The Labute approximate surface area is 102 Å². The van der Waals surface area contributed by atoms with Gasteiger partial charge in [0.1, 0.15) is 6.61 Å². The van der Waals surface area contributed by atoms with E-state index in [4.69, 9.17) is 0 Å². The number of alkyl halides is 3. The van der Waals surface area contributed by atoms with E-state index in [2.05, 4.69) is 30.8 Å². The highest BCUT2D eigenvalue weighted by Gasteiger charge is 2.27. The maximum absolute atomic E-state index is 11.8. The molecule has 0 spiro atoms. The molecule has 0 aliphatic rings. The van der Waals surface area contributed by atoms with Crippen molar-refractivity contribution in [3.05, 3.63) is 0 Å². The molecule has 0 amide bonds. The van der Waals surface area contributed by atoms with E-state index in [0.29, 0.717) is 12.3 Å². The smallest absolute Gasteiger partial charge is 0.372 e. The third-order valence-electron chi connectivity index (χ3n) is 2.43. The molecule has 0 saturated carbocycles. The maximum atomic E-state index is 11.8. The molecular formula is C12H24F3NO. The van der Waals surface area contributed by atoms with E-state index in [-0.39, 0.29) is 12.1 Å². The van der Waals surface area contributed by atoms with Crippen LogP contribution >= 0.6 is 0 Å². The fourth-order valence-electron chi connectivity index (χ4n) is 1.34. The minimum atomic E-state index is -4.22. The Morgan fingerprint density at radius 1 is 1.18 bits per heavy atom. The molecule has 0 fully saturated rings. The summed E-state index contributed by atoms with van der Waals surface area (Å²) in [6.45, 7) is 8.09. The van der Waals surface area contributed by atoms with Crippen LogP contribution in [0.2, 0.25) is 0 Å². The first-order valence-electron chi connectivity index (χ1n) is 6.03. The number of hydrogen-bond acceptors (Lipinski definition) is 2. The lowest BCUT2D eigenvalue weighted by Crippen LogP contribution is -2.39. The molecule has 0 aliphatic carbocycles. The summed E-state index contributed by atoms with van der Waals surface area (Å²) in [6.07, 6.45) is -2.61. The topological polar surface area (TPSA) is 21.3 Å². The van der Waals surface area contributed by atoms with Crippen LogP contribution in [-0.2, 0) is 4.74 Å². The van der Waals surface area contributed by atoms with Gasteiger partial charge in [-0.15, -0.1) is 0 Å². The van der Waals surface area contributed by atoms with Gasteiger partial charge in [-0.3, -0.25) is 0 Å². The summed E-state index contributed by atoms with van der Waals surface area (Å²) in [5.74, 6) is 0.363. The summed E-state index contributed by atoms with van der Waals surface area (Å²) >= 11 is 0. The first kappa shape index (κ1) is 16.7. The number of halogens is 3. The van der Waals surface area contributed by atoms with Gasteiger partial charge in [0.25, 0.3) is 0 Å². The highest BCUT2D eigenvalue weighted by molar-refractivity contribution is 4.72. The lowest BCUT2D eigenvalue weighted by Gasteiger charge is -2.24. The molecule has 0 aromatic heterocycles. The largest absolute Gasteiger partial charge is 0.411 e. The van der Waals surface area contributed by atoms with Crippen molar-refractivity contribution in [3.8, 4) is 0 Å². The summed E-state index contributed by atoms with van der Waals surface area (Å²) in [6, 6.07) is 0. The molecule has 0 aromatic rings. The highest BCUT2D eigenvalue weighted by atomic mass is 19.4. The van der Waals surface area contributed by atoms with Crippen molar-refractivity contribution in [1.29, 1.82) is 0 Å². The number of ether oxygens (including phenoxy) is 1. The van der Waals surface area contributed by atoms with Gasteiger partial charge in [0, 0.05) is 12.1 Å². The van der Waals surface area contributed by atoms with Crippen LogP contribution in [0.15, 0.2) is 0 Å². The normalized spacial score (nSPS) is 15.0. The van der Waals surface area contributed by atoms with Gasteiger partial charge < -0.3 is 10.1 Å². The average Bonchev–Trinajstić information content (AvgIpc) is 2.13. The summed E-state index contributed by atoms with van der Waals surface area (Å²) in [7, 11) is 0. The van der Waals surface area contributed by atoms with Gasteiger partial charge in [0.2, 0.25) is 0 Å². The molecule has 0 aliphatic heterocycles. The second kappa shape index (κ2) is 7.21. The molecule has 0 aromatic carbocycles. The van der Waals surface area contributed by atoms with E-state index < -0.39 is 12.8 Å². The zero-order chi connectivity index (χ0) is 13.5. The maximum Gasteiger partial charge on any atom is 0.411 e. The van der Waals surface area contributed by atoms with Gasteiger partial charge in [-0.25, -0.2) is 0 Å². The quantitative estimate of drug-likeness (QED) is 0.704. The zero-order valence-electron chi connectivity index (χ0n) is 11.2. The minimum absolute atomic E-state index is 0.0419. The third-order valence-corrected chi connectivity index (χ3v) is 2.43. The average molecular weight is 255 g/mol. The molecular weight excluding hydrogens is 231 g/mol. The van der Waals surface area contributed by atoms with Crippen molar-refractivity contribution in [2.45, 2.75) is 52.3 Å². The van der Waals surface area contributed by atoms with Crippen molar-refractivity contribution >= 4 is 0 Å². The van der Waals surface area contributed by atoms with E-state index in [1.807, 2.05) is 6.92 Å². The molecule has 1 atom stereocenters. The first-order valence-corrected chi connectivity index (χ1v) is 6.03. The summed E-state index contributed by atoms with van der Waals surface area (Å²) in [4.78, 5) is 0. The van der Waals surface area contributed by atoms with Gasteiger partial charge in [-0.05, 0) is 39.7 Å². The highest BCUT2D eigenvalue weighted by Crippen LogP contribution is 2.15. The van der Waals surface area contributed by atoms with Crippen LogP contribution in [0.5, 0.6) is 0 Å². The van der Waals surface area contributed by atoms with Crippen LogP contribution in [0, 0.1) is 5.92 Å². The van der Waals surface area contributed by atoms with Gasteiger partial charge in [0.15, 0.2) is 0 Å². The number of hydrogen-bond donors (Lipinski definition) is 1. The Morgan fingerprint density at radius 2 is 1.76 bits per heavy atom. The fraction of sp³-hybridized carbons (Fsp3) is 1.00. The summed E-state index contributed by atoms with van der Waals surface area (Å²) in [5, 5.41) is 3.35. The van der Waals surface area contributed by atoms with Crippen molar-refractivity contribution in [3.63, 3.8) is 0 Å². The van der Waals surface area contributed by atoms with E-state index in [0.717, 1.165) is 13.0 Å². The van der Waals surface area contributed by atoms with E-state index in [1.165, 1.54) is 0 Å². The lowest BCUT2D eigenvalue weighted by atomic mass is 10.0. The van der Waals surface area contributed by atoms with E-state index in [9.17, 15) is 13.2 Å². The number of nitrogens with one attached hydrogen (secondary N) is 1. The standard InChI is InChI=1S/C12H24F3NO/c1-5-10(8-16-11(2,3)4)6-7-17-9-12(13,14)15/h10,16H,5-9H2,1-4H3. The molecule has 5 heteroatoms. The van der Waals surface area contributed by atoms with Crippen LogP contribution in [-0.4, -0.2) is 31.5 Å². The Morgan fingerprint density at radius 3 is 2.18 bits per heavy atom. The van der Waals surface area contributed by atoms with E-state index >= 15 is 0 Å². The van der Waals surface area contributed by atoms with Crippen molar-refractivity contribution in [2.24, 2.45) is 5.92 Å². The molecule has 17 heavy (non-hydrogen) atoms. The molecule has 0 saturated heterocycles. The molecule has 1 N–H and O–H groups in total. The molecule has 2 nitrogen and oxygen atoms in total. The number of rotatable bonds is 7. The van der Waals surface area contributed by atoms with Gasteiger partial charge >= 0.3 is 6.18 Å². The molecule has 0 heterocycles. The van der Waals surface area contributed by atoms with Gasteiger partial charge in [0.05, 0.1) is 0 Å². The lowest BCUT2D eigenvalue weighted by molar-refractivity contribution is -0.174. The second-order valence-corrected chi connectivity index (χ2v) is 5.36. The molecule has 0 bridgehead atoms. The van der Waals surface area contributed by atoms with Crippen molar-refractivity contribution in [1.82, 2.24) is 5.32 Å². The Bertz CT molecular complexity index is 199. The van der Waals surface area contributed by atoms with Gasteiger partial charge in [-0.1, -0.05) is 13.3 Å². The predicted octanol–water partition coefficient (Wildman–Crippen LogP) is 3.37. The Kier molecular flexibility index (Phi) is 7.09. The van der Waals surface area contributed by atoms with Crippen LogP contribution in [0.25, 0.3) is 0 Å². The van der Waals surface area contributed by atoms with Crippen LogP contribution in [0.1, 0.15) is 40.5 Å². The summed E-state index contributed by atoms with van der Waals surface area (Å²) in [5.41, 5.74) is 0.0419. The fourth-order valence-corrected chi connectivity index (χ4v) is 1.34. The Hall–Kier alpha value is -0.290. The second-order valence-electron chi connectivity index (χ2n) is 5.36. The minimum Gasteiger partial charge on any atom is -0.372 e. The van der Waals surface area contributed by atoms with E-state index in [1.54, 1.807) is 0 Å². The van der Waals surface area contributed by atoms with Crippen LogP contribution < -0.4 is 5.32 Å². The van der Waals surface area contributed by atoms with Gasteiger partial charge in [-0.2, -0.15) is 13.2 Å². The van der Waals surface area contributed by atoms with Crippen LogP contribution in [0.3, 0.4) is 0 Å². The molecule has 104 valence electrons. The molecule has 0 rings (SSSR count). The zero-order valence-corrected chi connectivity index (χ0v) is 11.2. The predicted molar refractivity (Wildman–Crippen MR) is 63.0 cm³/mol. The van der Waals surface area contributed by atoms with Crippen LogP contribution in [0.4, 0.5) is 13.2 Å². The summed E-state index contributed by atoms with van der Waals surface area (Å²) < 4.78 is 40.1. The third kappa shape index (κ3) is 12.0. The Balaban J connectivity index is 3.69.